The number of allylic oxidation sites excluding steroid dienone is 2. The molecular weight excluding hydrogens is 126 g/mol. The van der Waals surface area contributed by atoms with Gasteiger partial charge in [0, 0.05) is 12.2 Å². The van der Waals surface area contributed by atoms with Crippen molar-refractivity contribution in [2.75, 3.05) is 13.2 Å². The van der Waals surface area contributed by atoms with E-state index in [9.17, 15) is 0 Å². The van der Waals surface area contributed by atoms with Crippen molar-refractivity contribution < 1.29 is 0 Å². The zero-order valence-electron chi connectivity index (χ0n) is 5.72. The van der Waals surface area contributed by atoms with E-state index in [2.05, 4.69) is 22.0 Å². The zero-order chi connectivity index (χ0) is 6.81. The molecule has 2 aliphatic heterocycles. The van der Waals surface area contributed by atoms with Crippen LogP contribution < -0.4 is 16.0 Å². The molecule has 1 saturated heterocycles. The lowest BCUT2D eigenvalue weighted by molar-refractivity contribution is 0.633. The first-order valence-electron chi connectivity index (χ1n) is 3.54. The summed E-state index contributed by atoms with van der Waals surface area (Å²) in [7, 11) is 0. The van der Waals surface area contributed by atoms with Gasteiger partial charge in [-0.1, -0.05) is 0 Å². The fraction of sp³-hybridized carbons (Fsp3) is 0.429. The van der Waals surface area contributed by atoms with Crippen LogP contribution in [0.1, 0.15) is 0 Å². The quantitative estimate of drug-likeness (QED) is 0.421. The summed E-state index contributed by atoms with van der Waals surface area (Å²) in [6.07, 6.45) is 6.09. The molecule has 0 spiro atoms. The molecule has 3 nitrogen and oxygen atoms in total. The highest BCUT2D eigenvalue weighted by Gasteiger charge is 2.18. The first kappa shape index (κ1) is 5.80. The summed E-state index contributed by atoms with van der Waals surface area (Å²) in [4.78, 5) is 0. The van der Waals surface area contributed by atoms with Crippen LogP contribution in [-0.4, -0.2) is 19.3 Å². The molecule has 0 saturated carbocycles. The molecule has 2 aliphatic rings. The van der Waals surface area contributed by atoms with Gasteiger partial charge in [0.25, 0.3) is 0 Å². The first-order chi connectivity index (χ1) is 4.97. The maximum atomic E-state index is 3.32. The van der Waals surface area contributed by atoms with Crippen molar-refractivity contribution in [2.45, 2.75) is 6.04 Å². The standard InChI is InChI=1S/C7H11N3/c1-2-6-7(4-8-3-1)10-5-9-6/h1-3,7-10H,4-5H2. The number of hydrogen-bond acceptors (Lipinski definition) is 3. The Hall–Kier alpha value is -0.960. The van der Waals surface area contributed by atoms with Gasteiger partial charge < -0.3 is 10.6 Å². The topological polar surface area (TPSA) is 36.1 Å². The summed E-state index contributed by atoms with van der Waals surface area (Å²) in [6, 6.07) is 0.481. The van der Waals surface area contributed by atoms with E-state index in [-0.39, 0.29) is 0 Å². The van der Waals surface area contributed by atoms with Crippen LogP contribution in [0.5, 0.6) is 0 Å². The van der Waals surface area contributed by atoms with E-state index in [1.165, 1.54) is 5.70 Å². The van der Waals surface area contributed by atoms with Crippen LogP contribution in [0.3, 0.4) is 0 Å². The minimum atomic E-state index is 0.481. The lowest BCUT2D eigenvalue weighted by Crippen LogP contribution is -2.31. The highest BCUT2D eigenvalue weighted by Crippen LogP contribution is 2.04. The van der Waals surface area contributed by atoms with E-state index in [4.69, 9.17) is 0 Å². The molecule has 2 rings (SSSR count). The van der Waals surface area contributed by atoms with E-state index >= 15 is 0 Å². The smallest absolute Gasteiger partial charge is 0.0658 e. The molecule has 0 bridgehead atoms. The molecule has 0 aromatic carbocycles. The molecule has 10 heavy (non-hydrogen) atoms. The lowest BCUT2D eigenvalue weighted by atomic mass is 10.2. The molecule has 0 amide bonds. The van der Waals surface area contributed by atoms with Gasteiger partial charge in [0.05, 0.1) is 12.7 Å². The Morgan fingerprint density at radius 2 is 2.50 bits per heavy atom. The second-order valence-electron chi connectivity index (χ2n) is 2.50. The average molecular weight is 137 g/mol. The van der Waals surface area contributed by atoms with Crippen LogP contribution >= 0.6 is 0 Å². The van der Waals surface area contributed by atoms with Gasteiger partial charge in [0.2, 0.25) is 0 Å². The Balaban J connectivity index is 2.18. The molecule has 0 radical (unpaired) electrons. The van der Waals surface area contributed by atoms with Crippen molar-refractivity contribution in [3.05, 3.63) is 24.0 Å². The molecule has 0 aliphatic carbocycles. The van der Waals surface area contributed by atoms with Crippen LogP contribution in [-0.2, 0) is 0 Å². The molecule has 1 fully saturated rings. The van der Waals surface area contributed by atoms with E-state index in [0.717, 1.165) is 13.2 Å². The van der Waals surface area contributed by atoms with Crippen LogP contribution in [0, 0.1) is 0 Å². The maximum absolute atomic E-state index is 3.32. The second kappa shape index (κ2) is 2.34. The summed E-state index contributed by atoms with van der Waals surface area (Å²) in [6.45, 7) is 1.88. The van der Waals surface area contributed by atoms with E-state index in [1.807, 2.05) is 12.3 Å². The Kier molecular flexibility index (Phi) is 1.36. The van der Waals surface area contributed by atoms with E-state index < -0.39 is 0 Å². The van der Waals surface area contributed by atoms with Crippen molar-refractivity contribution in [3.63, 3.8) is 0 Å². The van der Waals surface area contributed by atoms with Crippen LogP contribution in [0.25, 0.3) is 0 Å². The van der Waals surface area contributed by atoms with Gasteiger partial charge >= 0.3 is 0 Å². The Morgan fingerprint density at radius 1 is 1.50 bits per heavy atom. The van der Waals surface area contributed by atoms with Crippen LogP contribution in [0.2, 0.25) is 0 Å². The maximum Gasteiger partial charge on any atom is 0.0658 e. The highest BCUT2D eigenvalue weighted by molar-refractivity contribution is 5.21. The second-order valence-corrected chi connectivity index (χ2v) is 2.50. The molecule has 2 heterocycles. The fourth-order valence-corrected chi connectivity index (χ4v) is 1.27. The summed E-state index contributed by atoms with van der Waals surface area (Å²) >= 11 is 0. The fourth-order valence-electron chi connectivity index (χ4n) is 1.27. The summed E-state index contributed by atoms with van der Waals surface area (Å²) < 4.78 is 0. The number of fused-ring (bicyclic) bond motifs is 1. The lowest BCUT2D eigenvalue weighted by Gasteiger charge is -2.07. The SMILES string of the molecule is C1=CNCC2NCNC2=C1. The predicted octanol–water partition coefficient (Wildman–Crippen LogP) is -0.494. The van der Waals surface area contributed by atoms with E-state index in [0.29, 0.717) is 6.04 Å². The van der Waals surface area contributed by atoms with Gasteiger partial charge in [0.1, 0.15) is 0 Å². The normalized spacial score (nSPS) is 29.6. The first-order valence-corrected chi connectivity index (χ1v) is 3.54. The zero-order valence-corrected chi connectivity index (χ0v) is 5.72. The third-order valence-corrected chi connectivity index (χ3v) is 1.83. The van der Waals surface area contributed by atoms with Gasteiger partial charge in [-0.2, -0.15) is 0 Å². The van der Waals surface area contributed by atoms with Crippen molar-refractivity contribution in [2.24, 2.45) is 0 Å². The number of hydrogen-bond donors (Lipinski definition) is 3. The molecule has 3 N–H and O–H groups in total. The predicted molar refractivity (Wildman–Crippen MR) is 40.2 cm³/mol. The van der Waals surface area contributed by atoms with Crippen LogP contribution in [0.15, 0.2) is 24.0 Å². The molecule has 0 aromatic heterocycles. The third kappa shape index (κ3) is 0.885. The minimum Gasteiger partial charge on any atom is -0.389 e. The third-order valence-electron chi connectivity index (χ3n) is 1.83. The molecular formula is C7H11N3. The van der Waals surface area contributed by atoms with Crippen molar-refractivity contribution in [1.29, 1.82) is 0 Å². The van der Waals surface area contributed by atoms with Gasteiger partial charge in [-0.25, -0.2) is 0 Å². The molecule has 1 atom stereocenters. The summed E-state index contributed by atoms with van der Waals surface area (Å²) in [5, 5.41) is 9.76. The monoisotopic (exact) mass is 137 g/mol. The highest BCUT2D eigenvalue weighted by atomic mass is 15.2. The summed E-state index contributed by atoms with van der Waals surface area (Å²) in [5.74, 6) is 0. The molecule has 3 heteroatoms. The number of nitrogens with one attached hydrogen (secondary N) is 3. The molecule has 0 aromatic rings. The minimum absolute atomic E-state index is 0.481. The Labute approximate surface area is 60.2 Å². The number of rotatable bonds is 0. The Morgan fingerprint density at radius 3 is 3.50 bits per heavy atom. The van der Waals surface area contributed by atoms with Gasteiger partial charge in [-0.15, -0.1) is 0 Å². The van der Waals surface area contributed by atoms with Gasteiger partial charge in [0.15, 0.2) is 0 Å². The average Bonchev–Trinajstić information content (AvgIpc) is 2.28. The van der Waals surface area contributed by atoms with Crippen molar-refractivity contribution >= 4 is 0 Å². The molecule has 1 unspecified atom stereocenters. The molecule has 54 valence electrons. The van der Waals surface area contributed by atoms with Gasteiger partial charge in [-0.3, -0.25) is 5.32 Å². The Bertz CT molecular complexity index is 183. The van der Waals surface area contributed by atoms with Crippen LogP contribution in [0.4, 0.5) is 0 Å². The van der Waals surface area contributed by atoms with Gasteiger partial charge in [-0.05, 0) is 18.4 Å². The van der Waals surface area contributed by atoms with E-state index in [1.54, 1.807) is 0 Å². The van der Waals surface area contributed by atoms with Crippen molar-refractivity contribution in [3.8, 4) is 0 Å². The largest absolute Gasteiger partial charge is 0.389 e. The van der Waals surface area contributed by atoms with Crippen molar-refractivity contribution in [1.82, 2.24) is 16.0 Å². The summed E-state index contributed by atoms with van der Waals surface area (Å²) in [5.41, 5.74) is 1.29.